The van der Waals surface area contributed by atoms with E-state index in [4.69, 9.17) is 9.84 Å². The van der Waals surface area contributed by atoms with Crippen molar-refractivity contribution in [3.8, 4) is 5.75 Å². The van der Waals surface area contributed by atoms with E-state index in [1.807, 2.05) is 19.1 Å². The van der Waals surface area contributed by atoms with Crippen LogP contribution in [0.3, 0.4) is 0 Å². The van der Waals surface area contributed by atoms with E-state index in [0.29, 0.717) is 17.0 Å². The molecule has 0 spiro atoms. The topological polar surface area (TPSA) is 88.0 Å². The zero-order valence-corrected chi connectivity index (χ0v) is 13.4. The molecule has 0 bridgehead atoms. The Balaban J connectivity index is 1.98. The van der Waals surface area contributed by atoms with Gasteiger partial charge in [0.15, 0.2) is 6.61 Å². The summed E-state index contributed by atoms with van der Waals surface area (Å²) in [5, 5.41) is 12.6. The Bertz CT molecular complexity index is 750. The molecule has 0 aromatic heterocycles. The van der Waals surface area contributed by atoms with Crippen molar-refractivity contribution in [2.24, 2.45) is 5.10 Å². The van der Waals surface area contributed by atoms with Crippen LogP contribution in [0.2, 0.25) is 0 Å². The lowest BCUT2D eigenvalue weighted by Crippen LogP contribution is -2.19. The maximum Gasteiger partial charge on any atom is 0.341 e. The van der Waals surface area contributed by atoms with Crippen molar-refractivity contribution in [3.05, 3.63) is 65.2 Å². The zero-order valence-electron chi connectivity index (χ0n) is 13.4. The van der Waals surface area contributed by atoms with Crippen molar-refractivity contribution in [2.75, 3.05) is 6.61 Å². The number of aryl methyl sites for hydroxylation is 1. The van der Waals surface area contributed by atoms with Crippen LogP contribution in [-0.4, -0.2) is 29.3 Å². The molecule has 0 radical (unpaired) electrons. The van der Waals surface area contributed by atoms with Crippen LogP contribution in [0.5, 0.6) is 5.75 Å². The lowest BCUT2D eigenvalue weighted by atomic mass is 10.1. The number of nitrogens with zero attached hydrogens (tertiary/aromatic N) is 1. The Morgan fingerprint density at radius 3 is 2.21 bits per heavy atom. The first-order chi connectivity index (χ1) is 11.5. The number of carbonyl (C=O) groups is 2. The van der Waals surface area contributed by atoms with Gasteiger partial charge in [-0.2, -0.15) is 5.10 Å². The molecule has 2 aromatic carbocycles. The molecule has 2 rings (SSSR count). The standard InChI is InChI=1S/C18H18N2O4/c1-12-3-5-15(6-4-12)18(23)20-19-13(2)14-7-9-16(10-8-14)24-11-17(21)22/h3-10H,11H2,1-2H3,(H,20,23)(H,21,22)/b19-13-. The van der Waals surface area contributed by atoms with Crippen LogP contribution in [-0.2, 0) is 4.79 Å². The van der Waals surface area contributed by atoms with Gasteiger partial charge >= 0.3 is 5.97 Å². The number of aliphatic carboxylic acids is 1. The van der Waals surface area contributed by atoms with Crippen LogP contribution < -0.4 is 10.2 Å². The number of nitrogens with one attached hydrogen (secondary N) is 1. The summed E-state index contributed by atoms with van der Waals surface area (Å²) in [5.41, 5.74) is 5.55. The third kappa shape index (κ3) is 4.95. The lowest BCUT2D eigenvalue weighted by molar-refractivity contribution is -0.139. The predicted octanol–water partition coefficient (Wildman–Crippen LogP) is 2.61. The number of hydrogen-bond donors (Lipinski definition) is 2. The second kappa shape index (κ2) is 7.92. The number of carboxylic acid groups (broad SMARTS) is 1. The summed E-state index contributed by atoms with van der Waals surface area (Å²) in [5.74, 6) is -0.857. The third-order valence-electron chi connectivity index (χ3n) is 3.27. The molecule has 6 nitrogen and oxygen atoms in total. The summed E-state index contributed by atoms with van der Waals surface area (Å²) >= 11 is 0. The number of hydrazone groups is 1. The molecule has 0 aliphatic rings. The van der Waals surface area contributed by atoms with Gasteiger partial charge in [-0.1, -0.05) is 17.7 Å². The van der Waals surface area contributed by atoms with Crippen molar-refractivity contribution < 1.29 is 19.4 Å². The van der Waals surface area contributed by atoms with Crippen molar-refractivity contribution in [1.29, 1.82) is 0 Å². The molecule has 0 saturated carbocycles. The highest BCUT2D eigenvalue weighted by atomic mass is 16.5. The van der Waals surface area contributed by atoms with Crippen molar-refractivity contribution in [2.45, 2.75) is 13.8 Å². The van der Waals surface area contributed by atoms with E-state index >= 15 is 0 Å². The molecule has 2 N–H and O–H groups in total. The van der Waals surface area contributed by atoms with Crippen molar-refractivity contribution in [1.82, 2.24) is 5.43 Å². The highest BCUT2D eigenvalue weighted by Gasteiger charge is 2.05. The minimum Gasteiger partial charge on any atom is -0.482 e. The Labute approximate surface area is 139 Å². The normalized spacial score (nSPS) is 11.0. The van der Waals surface area contributed by atoms with Gasteiger partial charge in [0.1, 0.15) is 5.75 Å². The van der Waals surface area contributed by atoms with Crippen molar-refractivity contribution in [3.63, 3.8) is 0 Å². The van der Waals surface area contributed by atoms with Crippen LogP contribution in [0.15, 0.2) is 53.6 Å². The van der Waals surface area contributed by atoms with Gasteiger partial charge in [-0.15, -0.1) is 0 Å². The second-order valence-corrected chi connectivity index (χ2v) is 5.21. The largest absolute Gasteiger partial charge is 0.482 e. The van der Waals surface area contributed by atoms with E-state index in [2.05, 4.69) is 10.5 Å². The minimum absolute atomic E-state index is 0.282. The number of carboxylic acids is 1. The summed E-state index contributed by atoms with van der Waals surface area (Å²) in [6.07, 6.45) is 0. The molecule has 0 fully saturated rings. The molecule has 0 atom stereocenters. The zero-order chi connectivity index (χ0) is 17.5. The Morgan fingerprint density at radius 2 is 1.62 bits per heavy atom. The molecule has 0 heterocycles. The first-order valence-electron chi connectivity index (χ1n) is 7.32. The molecule has 6 heteroatoms. The number of benzene rings is 2. The number of hydrogen-bond acceptors (Lipinski definition) is 4. The Hall–Kier alpha value is -3.15. The van der Waals surface area contributed by atoms with Gasteiger partial charge in [0.2, 0.25) is 0 Å². The number of carbonyl (C=O) groups excluding carboxylic acids is 1. The highest BCUT2D eigenvalue weighted by Crippen LogP contribution is 2.12. The van der Waals surface area contributed by atoms with Crippen LogP contribution in [0.25, 0.3) is 0 Å². The fourth-order valence-corrected chi connectivity index (χ4v) is 1.91. The Kier molecular flexibility index (Phi) is 5.68. The summed E-state index contributed by atoms with van der Waals surface area (Å²) in [4.78, 5) is 22.4. The average Bonchev–Trinajstić information content (AvgIpc) is 2.58. The first kappa shape index (κ1) is 17.2. The lowest BCUT2D eigenvalue weighted by Gasteiger charge is -2.06. The fraction of sp³-hybridized carbons (Fsp3) is 0.167. The van der Waals surface area contributed by atoms with E-state index < -0.39 is 5.97 Å². The number of rotatable bonds is 6. The molecule has 0 saturated heterocycles. The average molecular weight is 326 g/mol. The summed E-state index contributed by atoms with van der Waals surface area (Å²) in [7, 11) is 0. The summed E-state index contributed by atoms with van der Waals surface area (Å²) < 4.78 is 5.06. The van der Waals surface area contributed by atoms with E-state index in [9.17, 15) is 9.59 Å². The maximum absolute atomic E-state index is 12.0. The highest BCUT2D eigenvalue weighted by molar-refractivity contribution is 6.00. The molecule has 0 aliphatic carbocycles. The van der Waals surface area contributed by atoms with Crippen molar-refractivity contribution >= 4 is 17.6 Å². The van der Waals surface area contributed by atoms with Gasteiger partial charge in [-0.25, -0.2) is 10.2 Å². The number of amides is 1. The molecular formula is C18H18N2O4. The Morgan fingerprint density at radius 1 is 1.04 bits per heavy atom. The molecule has 0 unspecified atom stereocenters. The first-order valence-corrected chi connectivity index (χ1v) is 7.32. The SMILES string of the molecule is C/C(=N/NC(=O)c1ccc(C)cc1)c1ccc(OCC(=O)O)cc1. The van der Waals surface area contributed by atoms with Gasteiger partial charge in [0.05, 0.1) is 5.71 Å². The molecule has 1 amide bonds. The predicted molar refractivity (Wildman–Crippen MR) is 90.4 cm³/mol. The minimum atomic E-state index is -1.03. The van der Waals surface area contributed by atoms with Gasteiger partial charge in [0.25, 0.3) is 5.91 Å². The number of ether oxygens (including phenoxy) is 1. The molecule has 0 aliphatic heterocycles. The van der Waals surface area contributed by atoms with Gasteiger partial charge in [-0.05, 0) is 55.8 Å². The third-order valence-corrected chi connectivity index (χ3v) is 3.27. The smallest absolute Gasteiger partial charge is 0.341 e. The molecule has 124 valence electrons. The molecular weight excluding hydrogens is 308 g/mol. The van der Waals surface area contributed by atoms with Gasteiger partial charge in [-0.3, -0.25) is 4.79 Å². The summed E-state index contributed by atoms with van der Waals surface area (Å²) in [6, 6.07) is 14.0. The fourth-order valence-electron chi connectivity index (χ4n) is 1.91. The second-order valence-electron chi connectivity index (χ2n) is 5.21. The molecule has 2 aromatic rings. The van der Waals surface area contributed by atoms with Crippen LogP contribution in [0.4, 0.5) is 0 Å². The van der Waals surface area contributed by atoms with Crippen LogP contribution in [0, 0.1) is 6.92 Å². The van der Waals surface area contributed by atoms with E-state index in [-0.39, 0.29) is 12.5 Å². The van der Waals surface area contributed by atoms with E-state index in [0.717, 1.165) is 11.1 Å². The van der Waals surface area contributed by atoms with E-state index in [1.54, 1.807) is 43.3 Å². The van der Waals surface area contributed by atoms with Gasteiger partial charge in [0, 0.05) is 5.56 Å². The monoisotopic (exact) mass is 326 g/mol. The van der Waals surface area contributed by atoms with Crippen LogP contribution in [0.1, 0.15) is 28.4 Å². The van der Waals surface area contributed by atoms with E-state index in [1.165, 1.54) is 0 Å². The van der Waals surface area contributed by atoms with Crippen LogP contribution >= 0.6 is 0 Å². The van der Waals surface area contributed by atoms with Gasteiger partial charge < -0.3 is 9.84 Å². The summed E-state index contributed by atoms with van der Waals surface area (Å²) in [6.45, 7) is 3.33. The maximum atomic E-state index is 12.0. The quantitative estimate of drug-likeness (QED) is 0.631. The molecule has 24 heavy (non-hydrogen) atoms.